The van der Waals surface area contributed by atoms with Gasteiger partial charge in [0, 0.05) is 44.6 Å². The van der Waals surface area contributed by atoms with Crippen LogP contribution in [0.2, 0.25) is 0 Å². The lowest BCUT2D eigenvalue weighted by molar-refractivity contribution is -0.138. The van der Waals surface area contributed by atoms with E-state index in [1.807, 2.05) is 0 Å². The lowest BCUT2D eigenvalue weighted by Crippen LogP contribution is -2.40. The summed E-state index contributed by atoms with van der Waals surface area (Å²) in [5.74, 6) is 0.718. The van der Waals surface area contributed by atoms with Gasteiger partial charge >= 0.3 is 0 Å². The Hall–Kier alpha value is -1.37. The van der Waals surface area contributed by atoms with E-state index in [1.54, 1.807) is 37.7 Å². The van der Waals surface area contributed by atoms with Crippen LogP contribution in [-0.2, 0) is 19.2 Å². The fourth-order valence-electron chi connectivity index (χ4n) is 2.61. The highest BCUT2D eigenvalue weighted by Gasteiger charge is 2.37. The zero-order valence-electron chi connectivity index (χ0n) is 18.3. The first-order valence-corrected chi connectivity index (χ1v) is 10.2. The summed E-state index contributed by atoms with van der Waals surface area (Å²) in [5, 5.41) is 0. The Labute approximate surface area is 168 Å². The van der Waals surface area contributed by atoms with Gasteiger partial charge in [-0.3, -0.25) is 24.1 Å². The van der Waals surface area contributed by atoms with Gasteiger partial charge in [-0.2, -0.15) is 0 Å². The van der Waals surface area contributed by atoms with Crippen LogP contribution in [-0.4, -0.2) is 64.9 Å². The molecule has 0 saturated carbocycles. The number of hydrogen-bond acceptors (Lipinski definition) is 5. The highest BCUT2D eigenvalue weighted by Crippen LogP contribution is 2.39. The highest BCUT2D eigenvalue weighted by molar-refractivity contribution is 8.01. The summed E-state index contributed by atoms with van der Waals surface area (Å²) in [6.07, 6.45) is 1.58. The predicted octanol–water partition coefficient (Wildman–Crippen LogP) is 2.99. The average Bonchev–Trinajstić information content (AvgIpc) is 2.81. The number of carbonyl (C=O) groups is 4. The Kier molecular flexibility index (Phi) is 9.73. The Morgan fingerprint density at radius 3 is 1.78 bits per heavy atom. The molecule has 1 aliphatic heterocycles. The van der Waals surface area contributed by atoms with Crippen molar-refractivity contribution in [1.29, 1.82) is 0 Å². The average molecular weight is 401 g/mol. The first-order valence-electron chi connectivity index (χ1n) is 9.22. The molecule has 1 unspecified atom stereocenters. The Morgan fingerprint density at radius 2 is 1.52 bits per heavy atom. The van der Waals surface area contributed by atoms with Crippen molar-refractivity contribution in [2.75, 3.05) is 26.9 Å². The van der Waals surface area contributed by atoms with Crippen LogP contribution in [0, 0.1) is 11.3 Å². The molecular formula is C20H36N2O4S. The maximum absolute atomic E-state index is 12.4. The summed E-state index contributed by atoms with van der Waals surface area (Å²) >= 11 is 1.64. The molecule has 0 N–H and O–H groups in total. The summed E-state index contributed by atoms with van der Waals surface area (Å²) in [6, 6.07) is 0. The van der Waals surface area contributed by atoms with Crippen LogP contribution in [0.15, 0.2) is 0 Å². The number of thioether (sulfide) groups is 1. The van der Waals surface area contributed by atoms with Crippen molar-refractivity contribution in [3.63, 3.8) is 0 Å². The minimum Gasteiger partial charge on any atom is -0.349 e. The number of likely N-dealkylation sites (tertiary alicyclic amines) is 1. The molecule has 156 valence electrons. The molecular weight excluding hydrogens is 364 g/mol. The summed E-state index contributed by atoms with van der Waals surface area (Å²) < 4.78 is -0.0741. The van der Waals surface area contributed by atoms with Crippen molar-refractivity contribution in [2.45, 2.75) is 65.6 Å². The van der Waals surface area contributed by atoms with E-state index in [2.05, 4.69) is 34.6 Å². The smallest absolute Gasteiger partial charge is 0.229 e. The zero-order chi connectivity index (χ0) is 21.6. The first kappa shape index (κ1) is 25.6. The standard InChI is InChI=1S/C15H29NO2S.C5H7NO2/c1-11(17)10-19-15(5,6)9-12(14(2,3)4)13(18)16(7)8;1-6-4(7)2-3-5(6)8/h12H,9-10H2,1-8H3;2-3H2,1H3. The fraction of sp³-hybridized carbons (Fsp3) is 0.800. The Bertz CT molecular complexity index is 549. The van der Waals surface area contributed by atoms with E-state index < -0.39 is 0 Å². The lowest BCUT2D eigenvalue weighted by Gasteiger charge is -2.37. The van der Waals surface area contributed by atoms with Crippen LogP contribution in [0.5, 0.6) is 0 Å². The quantitative estimate of drug-likeness (QED) is 0.641. The third kappa shape index (κ3) is 9.40. The van der Waals surface area contributed by atoms with Gasteiger partial charge in [-0.15, -0.1) is 11.8 Å². The maximum Gasteiger partial charge on any atom is 0.229 e. The molecule has 27 heavy (non-hydrogen) atoms. The van der Waals surface area contributed by atoms with E-state index in [1.165, 1.54) is 11.9 Å². The van der Waals surface area contributed by atoms with Gasteiger partial charge < -0.3 is 4.90 Å². The van der Waals surface area contributed by atoms with Gasteiger partial charge in [0.05, 0.1) is 5.75 Å². The summed E-state index contributed by atoms with van der Waals surface area (Å²) in [7, 11) is 5.12. The van der Waals surface area contributed by atoms with Crippen LogP contribution in [0.25, 0.3) is 0 Å². The lowest BCUT2D eigenvalue weighted by atomic mass is 9.75. The van der Waals surface area contributed by atoms with E-state index in [0.717, 1.165) is 6.42 Å². The first-order chi connectivity index (χ1) is 12.1. The maximum atomic E-state index is 12.4. The molecule has 0 bridgehead atoms. The van der Waals surface area contributed by atoms with Crippen molar-refractivity contribution in [1.82, 2.24) is 9.80 Å². The number of Topliss-reactive ketones (excluding diaryl/α,β-unsaturated/α-hetero) is 1. The van der Waals surface area contributed by atoms with E-state index in [4.69, 9.17) is 0 Å². The van der Waals surface area contributed by atoms with Gasteiger partial charge in [-0.1, -0.05) is 34.6 Å². The van der Waals surface area contributed by atoms with Gasteiger partial charge in [0.1, 0.15) is 5.78 Å². The number of ketones is 1. The number of hydrogen-bond donors (Lipinski definition) is 0. The van der Waals surface area contributed by atoms with E-state index in [0.29, 0.717) is 18.6 Å². The molecule has 1 saturated heterocycles. The number of nitrogens with zero attached hydrogens (tertiary/aromatic N) is 2. The van der Waals surface area contributed by atoms with Crippen molar-refractivity contribution < 1.29 is 19.2 Å². The second-order valence-electron chi connectivity index (χ2n) is 8.95. The molecule has 0 aromatic rings. The number of amides is 3. The predicted molar refractivity (Wildman–Crippen MR) is 110 cm³/mol. The third-order valence-corrected chi connectivity index (χ3v) is 5.95. The molecule has 0 aromatic carbocycles. The normalized spacial score (nSPS) is 16.0. The topological polar surface area (TPSA) is 74.8 Å². The van der Waals surface area contributed by atoms with Gasteiger partial charge in [0.2, 0.25) is 17.7 Å². The second kappa shape index (κ2) is 10.2. The summed E-state index contributed by atoms with van der Waals surface area (Å²) in [6.45, 7) is 12.1. The molecule has 0 radical (unpaired) electrons. The molecule has 1 rings (SSSR count). The monoisotopic (exact) mass is 400 g/mol. The van der Waals surface area contributed by atoms with Crippen LogP contribution in [0.3, 0.4) is 0 Å². The summed E-state index contributed by atoms with van der Waals surface area (Å²) in [5.41, 5.74) is -0.0740. The van der Waals surface area contributed by atoms with E-state index in [9.17, 15) is 19.2 Å². The zero-order valence-corrected chi connectivity index (χ0v) is 19.2. The van der Waals surface area contributed by atoms with Crippen molar-refractivity contribution in [2.24, 2.45) is 11.3 Å². The second-order valence-corrected chi connectivity index (χ2v) is 10.6. The van der Waals surface area contributed by atoms with Crippen LogP contribution in [0.1, 0.15) is 60.8 Å². The third-order valence-electron chi connectivity index (χ3n) is 4.45. The molecule has 0 aliphatic carbocycles. The van der Waals surface area contributed by atoms with E-state index >= 15 is 0 Å². The number of carbonyl (C=O) groups excluding carboxylic acids is 4. The summed E-state index contributed by atoms with van der Waals surface area (Å²) in [4.78, 5) is 47.3. The van der Waals surface area contributed by atoms with Gasteiger partial charge in [0.25, 0.3) is 0 Å². The molecule has 0 spiro atoms. The van der Waals surface area contributed by atoms with Crippen molar-refractivity contribution in [3.05, 3.63) is 0 Å². The minimum atomic E-state index is -0.0741. The molecule has 1 aliphatic rings. The van der Waals surface area contributed by atoms with Crippen LogP contribution in [0.4, 0.5) is 0 Å². The van der Waals surface area contributed by atoms with E-state index in [-0.39, 0.29) is 39.6 Å². The fourth-order valence-corrected chi connectivity index (χ4v) is 3.49. The molecule has 1 atom stereocenters. The molecule has 7 heteroatoms. The largest absolute Gasteiger partial charge is 0.349 e. The molecule has 1 heterocycles. The molecule has 6 nitrogen and oxygen atoms in total. The van der Waals surface area contributed by atoms with Gasteiger partial charge in [0.15, 0.2) is 0 Å². The SMILES string of the molecule is CC(=O)CSC(C)(C)CC(C(=O)N(C)C)C(C)(C)C.CN1C(=O)CCC1=O. The Balaban J connectivity index is 0.000000694. The van der Waals surface area contributed by atoms with Crippen LogP contribution >= 0.6 is 11.8 Å². The minimum absolute atomic E-state index is 0.0306. The van der Waals surface area contributed by atoms with Gasteiger partial charge in [-0.25, -0.2) is 0 Å². The van der Waals surface area contributed by atoms with Crippen LogP contribution < -0.4 is 0 Å². The van der Waals surface area contributed by atoms with Crippen molar-refractivity contribution >= 4 is 35.3 Å². The number of imide groups is 1. The number of rotatable bonds is 6. The molecule has 0 aromatic heterocycles. The molecule has 1 fully saturated rings. The molecule has 3 amide bonds. The van der Waals surface area contributed by atoms with Crippen molar-refractivity contribution in [3.8, 4) is 0 Å². The highest BCUT2D eigenvalue weighted by atomic mass is 32.2. The Morgan fingerprint density at radius 1 is 1.07 bits per heavy atom. The van der Waals surface area contributed by atoms with Gasteiger partial charge in [-0.05, 0) is 18.8 Å².